The first-order chi connectivity index (χ1) is 13.0. The van der Waals surface area contributed by atoms with Gasteiger partial charge >= 0.3 is 6.61 Å². The molecular weight excluding hydrogens is 380 g/mol. The van der Waals surface area contributed by atoms with Crippen LogP contribution in [0, 0.1) is 0 Å². The number of carbonyl (C=O) groups is 1. The summed E-state index contributed by atoms with van der Waals surface area (Å²) in [6.45, 7) is -2.73. The third kappa shape index (κ3) is 5.03. The van der Waals surface area contributed by atoms with E-state index >= 15 is 0 Å². The number of ether oxygens (including phenoxy) is 2. The second-order valence-electron chi connectivity index (χ2n) is 5.19. The fourth-order valence-electron chi connectivity index (χ4n) is 2.17. The standard InChI is InChI=1S/C16H15F2N5O3S/c1-25-12-7-10(3-4-11(12)26-14(17)18)8-20-13(24)9-27-16-21-15-19-5-2-6-23(15)22-16/h2-7,14H,8-9H2,1H3,(H,20,24). The summed E-state index contributed by atoms with van der Waals surface area (Å²) in [5, 5.41) is 7.37. The zero-order valence-electron chi connectivity index (χ0n) is 14.1. The van der Waals surface area contributed by atoms with E-state index in [9.17, 15) is 13.6 Å². The van der Waals surface area contributed by atoms with Crippen molar-refractivity contribution in [1.82, 2.24) is 24.9 Å². The molecule has 142 valence electrons. The number of amides is 1. The van der Waals surface area contributed by atoms with Crippen LogP contribution >= 0.6 is 11.8 Å². The smallest absolute Gasteiger partial charge is 0.387 e. The molecule has 0 fully saturated rings. The second kappa shape index (κ2) is 8.62. The SMILES string of the molecule is COc1cc(CNC(=O)CSc2nc3ncccn3n2)ccc1OC(F)F. The van der Waals surface area contributed by atoms with E-state index in [0.717, 1.165) is 0 Å². The molecule has 3 aromatic rings. The number of benzene rings is 1. The molecule has 0 atom stereocenters. The van der Waals surface area contributed by atoms with E-state index in [2.05, 4.69) is 25.1 Å². The van der Waals surface area contributed by atoms with Gasteiger partial charge in [0.15, 0.2) is 11.5 Å². The van der Waals surface area contributed by atoms with Gasteiger partial charge in [0, 0.05) is 18.9 Å². The van der Waals surface area contributed by atoms with Crippen LogP contribution in [0.4, 0.5) is 8.78 Å². The van der Waals surface area contributed by atoms with E-state index in [4.69, 9.17) is 4.74 Å². The summed E-state index contributed by atoms with van der Waals surface area (Å²) in [5.41, 5.74) is 0.682. The van der Waals surface area contributed by atoms with Crippen LogP contribution in [0.3, 0.4) is 0 Å². The highest BCUT2D eigenvalue weighted by molar-refractivity contribution is 7.99. The number of thioether (sulfide) groups is 1. The maximum atomic E-state index is 12.3. The van der Waals surface area contributed by atoms with Gasteiger partial charge in [0.2, 0.25) is 11.1 Å². The predicted molar refractivity (Wildman–Crippen MR) is 93.0 cm³/mol. The van der Waals surface area contributed by atoms with Crippen LogP contribution in [0.2, 0.25) is 0 Å². The molecule has 0 aliphatic heterocycles. The summed E-state index contributed by atoms with van der Waals surface area (Å²) in [6, 6.07) is 6.20. The molecule has 2 heterocycles. The fraction of sp³-hybridized carbons (Fsp3) is 0.250. The van der Waals surface area contributed by atoms with E-state index in [1.165, 1.54) is 35.5 Å². The Labute approximate surface area is 156 Å². The lowest BCUT2D eigenvalue weighted by molar-refractivity contribution is -0.118. The summed E-state index contributed by atoms with van der Waals surface area (Å²) in [7, 11) is 1.35. The Morgan fingerprint density at radius 2 is 2.22 bits per heavy atom. The highest BCUT2D eigenvalue weighted by Crippen LogP contribution is 2.29. The minimum absolute atomic E-state index is 0.0651. The van der Waals surface area contributed by atoms with Gasteiger partial charge < -0.3 is 14.8 Å². The van der Waals surface area contributed by atoms with Crippen molar-refractivity contribution in [2.24, 2.45) is 0 Å². The minimum Gasteiger partial charge on any atom is -0.493 e. The Bertz CT molecular complexity index is 904. The van der Waals surface area contributed by atoms with Gasteiger partial charge in [-0.15, -0.1) is 5.10 Å². The first kappa shape index (κ1) is 18.8. The average Bonchev–Trinajstić information content (AvgIpc) is 3.08. The molecule has 27 heavy (non-hydrogen) atoms. The highest BCUT2D eigenvalue weighted by Gasteiger charge is 2.12. The molecule has 2 aromatic heterocycles. The van der Waals surface area contributed by atoms with Crippen molar-refractivity contribution in [2.45, 2.75) is 18.3 Å². The number of aromatic nitrogens is 4. The monoisotopic (exact) mass is 395 g/mol. The maximum Gasteiger partial charge on any atom is 0.387 e. The number of rotatable bonds is 8. The lowest BCUT2D eigenvalue weighted by Gasteiger charge is -2.11. The number of nitrogens with zero attached hydrogens (tertiary/aromatic N) is 4. The van der Waals surface area contributed by atoms with Crippen LogP contribution in [-0.4, -0.2) is 45.0 Å². The minimum atomic E-state index is -2.94. The maximum absolute atomic E-state index is 12.3. The van der Waals surface area contributed by atoms with E-state index in [-0.39, 0.29) is 29.7 Å². The first-order valence-corrected chi connectivity index (χ1v) is 8.72. The average molecular weight is 395 g/mol. The van der Waals surface area contributed by atoms with Crippen molar-refractivity contribution in [2.75, 3.05) is 12.9 Å². The number of halogens is 2. The molecule has 8 nitrogen and oxygen atoms in total. The largest absolute Gasteiger partial charge is 0.493 e. The van der Waals surface area contributed by atoms with Crippen LogP contribution < -0.4 is 14.8 Å². The highest BCUT2D eigenvalue weighted by atomic mass is 32.2. The Balaban J connectivity index is 1.52. The van der Waals surface area contributed by atoms with E-state index in [1.807, 2.05) is 0 Å². The molecule has 1 aromatic carbocycles. The molecule has 3 rings (SSSR count). The summed E-state index contributed by atoms with van der Waals surface area (Å²) < 4.78 is 35.6. The summed E-state index contributed by atoms with van der Waals surface area (Å²) in [5.74, 6) is 0.459. The molecule has 0 aliphatic rings. The van der Waals surface area contributed by atoms with Gasteiger partial charge in [-0.1, -0.05) is 17.8 Å². The topological polar surface area (TPSA) is 90.6 Å². The number of methoxy groups -OCH3 is 1. The molecule has 11 heteroatoms. The van der Waals surface area contributed by atoms with Crippen molar-refractivity contribution in [3.63, 3.8) is 0 Å². The van der Waals surface area contributed by atoms with Gasteiger partial charge in [0.1, 0.15) is 0 Å². The normalized spacial score (nSPS) is 11.0. The molecule has 1 amide bonds. The Morgan fingerprint density at radius 1 is 1.37 bits per heavy atom. The molecule has 0 unspecified atom stereocenters. The fourth-order valence-corrected chi connectivity index (χ4v) is 2.83. The summed E-state index contributed by atoms with van der Waals surface area (Å²) in [6.07, 6.45) is 3.32. The van der Waals surface area contributed by atoms with Crippen LogP contribution in [0.15, 0.2) is 41.8 Å². The van der Waals surface area contributed by atoms with Crippen molar-refractivity contribution >= 4 is 23.4 Å². The Morgan fingerprint density at radius 3 is 2.96 bits per heavy atom. The molecule has 0 aliphatic carbocycles. The number of alkyl halides is 2. The lowest BCUT2D eigenvalue weighted by atomic mass is 10.2. The van der Waals surface area contributed by atoms with Crippen molar-refractivity contribution in [3.8, 4) is 11.5 Å². The third-order valence-corrected chi connectivity index (χ3v) is 4.20. The van der Waals surface area contributed by atoms with Crippen molar-refractivity contribution in [1.29, 1.82) is 0 Å². The van der Waals surface area contributed by atoms with Gasteiger partial charge in [-0.05, 0) is 23.8 Å². The van der Waals surface area contributed by atoms with Crippen LogP contribution in [0.1, 0.15) is 5.56 Å². The molecule has 0 saturated heterocycles. The second-order valence-corrected chi connectivity index (χ2v) is 6.13. The number of nitrogens with one attached hydrogen (secondary N) is 1. The van der Waals surface area contributed by atoms with Crippen LogP contribution in [0.5, 0.6) is 11.5 Å². The molecule has 0 radical (unpaired) electrons. The zero-order chi connectivity index (χ0) is 19.2. The predicted octanol–water partition coefficient (Wildman–Crippen LogP) is 2.14. The molecule has 0 saturated carbocycles. The van der Waals surface area contributed by atoms with E-state index < -0.39 is 6.61 Å². The molecule has 0 bridgehead atoms. The van der Waals surface area contributed by atoms with Crippen molar-refractivity contribution < 1.29 is 23.0 Å². The molecule has 1 N–H and O–H groups in total. The number of hydrogen-bond donors (Lipinski definition) is 1. The molecule has 0 spiro atoms. The van der Waals surface area contributed by atoms with Crippen LogP contribution in [0.25, 0.3) is 5.78 Å². The zero-order valence-corrected chi connectivity index (χ0v) is 14.9. The van der Waals surface area contributed by atoms with Gasteiger partial charge in [0.05, 0.1) is 12.9 Å². The first-order valence-electron chi connectivity index (χ1n) is 7.74. The van der Waals surface area contributed by atoms with Gasteiger partial charge in [-0.2, -0.15) is 13.8 Å². The summed E-state index contributed by atoms with van der Waals surface area (Å²) in [4.78, 5) is 20.3. The summed E-state index contributed by atoms with van der Waals surface area (Å²) >= 11 is 1.18. The Kier molecular flexibility index (Phi) is 6.01. The number of fused-ring (bicyclic) bond motifs is 1. The van der Waals surface area contributed by atoms with E-state index in [0.29, 0.717) is 16.5 Å². The van der Waals surface area contributed by atoms with Crippen molar-refractivity contribution in [3.05, 3.63) is 42.2 Å². The van der Waals surface area contributed by atoms with E-state index in [1.54, 1.807) is 24.5 Å². The van der Waals surface area contributed by atoms with Gasteiger partial charge in [0.25, 0.3) is 5.78 Å². The third-order valence-electron chi connectivity index (χ3n) is 3.36. The number of carbonyl (C=O) groups excluding carboxylic acids is 1. The van der Waals surface area contributed by atoms with Crippen LogP contribution in [-0.2, 0) is 11.3 Å². The molecular formula is C16H15F2N5O3S. The number of hydrogen-bond acceptors (Lipinski definition) is 7. The Hall–Kier alpha value is -2.95. The quantitative estimate of drug-likeness (QED) is 0.585. The lowest BCUT2D eigenvalue weighted by Crippen LogP contribution is -2.24. The van der Waals surface area contributed by atoms with Gasteiger partial charge in [-0.3, -0.25) is 4.79 Å². The van der Waals surface area contributed by atoms with Gasteiger partial charge in [-0.25, -0.2) is 9.50 Å².